The van der Waals surface area contributed by atoms with Gasteiger partial charge in [-0.3, -0.25) is 9.10 Å². The lowest BCUT2D eigenvalue weighted by Crippen LogP contribution is -2.37. The molecule has 0 aromatic heterocycles. The van der Waals surface area contributed by atoms with Crippen LogP contribution in [0.4, 0.5) is 11.4 Å². The van der Waals surface area contributed by atoms with Gasteiger partial charge in [0, 0.05) is 10.5 Å². The summed E-state index contributed by atoms with van der Waals surface area (Å²) in [4.78, 5) is 12.5. The van der Waals surface area contributed by atoms with Crippen molar-refractivity contribution in [2.45, 2.75) is 0 Å². The molecule has 0 saturated heterocycles. The Hall–Kier alpha value is -2.26. The Morgan fingerprint density at radius 3 is 2.46 bits per heavy atom. The largest absolute Gasteiger partial charge is 0.497 e. The van der Waals surface area contributed by atoms with Crippen LogP contribution in [0.2, 0.25) is 0 Å². The number of hydrogen-bond donors (Lipinski definition) is 1. The first-order chi connectivity index (χ1) is 12.2. The van der Waals surface area contributed by atoms with E-state index < -0.39 is 15.9 Å². The molecule has 1 amide bonds. The second kappa shape index (κ2) is 8.41. The number of anilines is 2. The summed E-state index contributed by atoms with van der Waals surface area (Å²) in [7, 11) is -0.675. The summed E-state index contributed by atoms with van der Waals surface area (Å²) in [5.74, 6) is 0.461. The molecule has 0 atom stereocenters. The van der Waals surface area contributed by atoms with Crippen LogP contribution in [0.25, 0.3) is 0 Å². The second-order valence-electron chi connectivity index (χ2n) is 5.36. The number of rotatable bonds is 7. The molecule has 140 valence electrons. The molecule has 0 aliphatic heterocycles. The molecule has 0 bridgehead atoms. The summed E-state index contributed by atoms with van der Waals surface area (Å²) in [5.41, 5.74) is 0.772. The van der Waals surface area contributed by atoms with Crippen LogP contribution >= 0.6 is 15.9 Å². The molecular formula is C17H19BrN2O5S. The predicted octanol–water partition coefficient (Wildman–Crippen LogP) is 2.87. The van der Waals surface area contributed by atoms with Gasteiger partial charge in [-0.2, -0.15) is 0 Å². The second-order valence-corrected chi connectivity index (χ2v) is 8.19. The number of methoxy groups -OCH3 is 2. The van der Waals surface area contributed by atoms with Crippen LogP contribution in [-0.4, -0.2) is 41.3 Å². The molecule has 0 unspecified atom stereocenters. The molecule has 7 nitrogen and oxygen atoms in total. The first kappa shape index (κ1) is 20.1. The molecule has 26 heavy (non-hydrogen) atoms. The lowest BCUT2D eigenvalue weighted by Gasteiger charge is -2.22. The van der Waals surface area contributed by atoms with Crippen molar-refractivity contribution in [1.82, 2.24) is 0 Å². The standard InChI is InChI=1S/C17H19BrN2O5S/c1-24-14-7-8-16(25-2)15(10-14)19-17(21)11-20(26(3,22)23)13-6-4-5-12(18)9-13/h4-10H,11H2,1-3H3,(H,19,21). The van der Waals surface area contributed by atoms with Crippen LogP contribution in [0, 0.1) is 0 Å². The van der Waals surface area contributed by atoms with E-state index in [1.54, 1.807) is 42.5 Å². The molecule has 0 heterocycles. The minimum Gasteiger partial charge on any atom is -0.497 e. The molecule has 0 radical (unpaired) electrons. The number of sulfonamides is 1. The van der Waals surface area contributed by atoms with Crippen molar-refractivity contribution in [2.75, 3.05) is 36.6 Å². The molecule has 2 rings (SSSR count). The molecule has 0 aliphatic carbocycles. The van der Waals surface area contributed by atoms with Crippen molar-refractivity contribution < 1.29 is 22.7 Å². The minimum atomic E-state index is -3.65. The molecular weight excluding hydrogens is 424 g/mol. The third kappa shape index (κ3) is 5.12. The van der Waals surface area contributed by atoms with Crippen molar-refractivity contribution >= 4 is 43.2 Å². The Bertz CT molecular complexity index is 902. The summed E-state index contributed by atoms with van der Waals surface area (Å²) in [6, 6.07) is 11.6. The number of carbonyl (C=O) groups excluding carboxylic acids is 1. The highest BCUT2D eigenvalue weighted by Crippen LogP contribution is 2.29. The minimum absolute atomic E-state index is 0.379. The van der Waals surface area contributed by atoms with Crippen LogP contribution < -0.4 is 19.1 Å². The number of nitrogens with one attached hydrogen (secondary N) is 1. The highest BCUT2D eigenvalue weighted by Gasteiger charge is 2.21. The third-order valence-corrected chi connectivity index (χ3v) is 5.10. The van der Waals surface area contributed by atoms with Crippen molar-refractivity contribution in [3.63, 3.8) is 0 Å². The Labute approximate surface area is 161 Å². The van der Waals surface area contributed by atoms with Gasteiger partial charge in [0.2, 0.25) is 15.9 Å². The predicted molar refractivity (Wildman–Crippen MR) is 105 cm³/mol. The fraction of sp³-hybridized carbons (Fsp3) is 0.235. The molecule has 2 aromatic rings. The van der Waals surface area contributed by atoms with Gasteiger partial charge >= 0.3 is 0 Å². The van der Waals surface area contributed by atoms with Gasteiger partial charge in [0.25, 0.3) is 0 Å². The molecule has 1 N–H and O–H groups in total. The fourth-order valence-corrected chi connectivity index (χ4v) is 3.50. The lowest BCUT2D eigenvalue weighted by atomic mass is 10.2. The highest BCUT2D eigenvalue weighted by atomic mass is 79.9. The maximum Gasteiger partial charge on any atom is 0.245 e. The summed E-state index contributed by atoms with van der Waals surface area (Å²) in [6.07, 6.45) is 1.05. The van der Waals surface area contributed by atoms with Crippen molar-refractivity contribution in [1.29, 1.82) is 0 Å². The Morgan fingerprint density at radius 2 is 1.88 bits per heavy atom. The fourth-order valence-electron chi connectivity index (χ4n) is 2.26. The summed E-state index contributed by atoms with van der Waals surface area (Å²) in [5, 5.41) is 2.66. The highest BCUT2D eigenvalue weighted by molar-refractivity contribution is 9.10. The van der Waals surface area contributed by atoms with E-state index >= 15 is 0 Å². The number of amides is 1. The zero-order chi connectivity index (χ0) is 19.3. The molecule has 0 saturated carbocycles. The topological polar surface area (TPSA) is 84.9 Å². The van der Waals surface area contributed by atoms with Gasteiger partial charge in [0.1, 0.15) is 18.0 Å². The van der Waals surface area contributed by atoms with E-state index in [4.69, 9.17) is 9.47 Å². The number of halogens is 1. The van der Waals surface area contributed by atoms with E-state index in [1.807, 2.05) is 0 Å². The first-order valence-corrected chi connectivity index (χ1v) is 10.1. The van der Waals surface area contributed by atoms with E-state index in [9.17, 15) is 13.2 Å². The Kier molecular flexibility index (Phi) is 6.49. The van der Waals surface area contributed by atoms with Gasteiger partial charge in [-0.05, 0) is 30.3 Å². The van der Waals surface area contributed by atoms with Gasteiger partial charge in [-0.15, -0.1) is 0 Å². The average Bonchev–Trinajstić information content (AvgIpc) is 2.58. The average molecular weight is 443 g/mol. The summed E-state index contributed by atoms with van der Waals surface area (Å²) < 4.78 is 36.4. The van der Waals surface area contributed by atoms with Gasteiger partial charge < -0.3 is 14.8 Å². The van der Waals surface area contributed by atoms with Crippen LogP contribution in [0.5, 0.6) is 11.5 Å². The van der Waals surface area contributed by atoms with E-state index in [-0.39, 0.29) is 6.54 Å². The zero-order valence-corrected chi connectivity index (χ0v) is 16.9. The van der Waals surface area contributed by atoms with Crippen LogP contribution in [0.3, 0.4) is 0 Å². The molecule has 0 fully saturated rings. The maximum absolute atomic E-state index is 12.5. The van der Waals surface area contributed by atoms with Crippen LogP contribution in [0.1, 0.15) is 0 Å². The van der Waals surface area contributed by atoms with E-state index in [1.165, 1.54) is 14.2 Å². The van der Waals surface area contributed by atoms with Gasteiger partial charge in [0.15, 0.2) is 0 Å². The molecule has 9 heteroatoms. The summed E-state index contributed by atoms with van der Waals surface area (Å²) >= 11 is 3.30. The third-order valence-electron chi connectivity index (χ3n) is 3.46. The number of nitrogens with zero attached hydrogens (tertiary/aromatic N) is 1. The number of ether oxygens (including phenoxy) is 2. The van der Waals surface area contributed by atoms with Crippen LogP contribution in [-0.2, 0) is 14.8 Å². The van der Waals surface area contributed by atoms with Crippen molar-refractivity contribution in [2.24, 2.45) is 0 Å². The lowest BCUT2D eigenvalue weighted by molar-refractivity contribution is -0.114. The smallest absolute Gasteiger partial charge is 0.245 e. The monoisotopic (exact) mass is 442 g/mol. The summed E-state index contributed by atoms with van der Waals surface area (Å²) in [6.45, 7) is -0.379. The Morgan fingerprint density at radius 1 is 1.15 bits per heavy atom. The molecule has 2 aromatic carbocycles. The number of hydrogen-bond acceptors (Lipinski definition) is 5. The number of carbonyl (C=O) groups is 1. The first-order valence-electron chi connectivity index (χ1n) is 7.49. The van der Waals surface area contributed by atoms with Crippen LogP contribution in [0.15, 0.2) is 46.9 Å². The molecule has 0 aliphatic rings. The zero-order valence-electron chi connectivity index (χ0n) is 14.5. The van der Waals surface area contributed by atoms with Crippen molar-refractivity contribution in [3.05, 3.63) is 46.9 Å². The Balaban J connectivity index is 2.26. The van der Waals surface area contributed by atoms with Crippen molar-refractivity contribution in [3.8, 4) is 11.5 Å². The quantitative estimate of drug-likeness (QED) is 0.712. The van der Waals surface area contributed by atoms with Gasteiger partial charge in [0.05, 0.1) is 31.9 Å². The van der Waals surface area contributed by atoms with Gasteiger partial charge in [-0.25, -0.2) is 8.42 Å². The number of benzene rings is 2. The van der Waals surface area contributed by atoms with E-state index in [0.29, 0.717) is 27.3 Å². The van der Waals surface area contributed by atoms with Gasteiger partial charge in [-0.1, -0.05) is 22.0 Å². The maximum atomic E-state index is 12.5. The van der Waals surface area contributed by atoms with E-state index in [0.717, 1.165) is 10.6 Å². The van der Waals surface area contributed by atoms with E-state index in [2.05, 4.69) is 21.2 Å². The normalized spacial score (nSPS) is 10.9. The molecule has 0 spiro atoms. The SMILES string of the molecule is COc1ccc(OC)c(NC(=O)CN(c2cccc(Br)c2)S(C)(=O)=O)c1.